The number of nitrogens with one attached hydrogen (secondary N) is 1. The maximum Gasteiger partial charge on any atom is 0.311 e. The number of carbonyl (C=O) groups excluding carboxylic acids is 3. The molecule has 2 aliphatic rings. The molecule has 2 rings (SSSR count). The maximum absolute atomic E-state index is 12.0. The number of piperidine rings is 1. The van der Waals surface area contributed by atoms with Gasteiger partial charge < -0.3 is 15.1 Å². The Morgan fingerprint density at radius 2 is 1.95 bits per heavy atom. The second kappa shape index (κ2) is 7.43. The highest BCUT2D eigenvalue weighted by Crippen LogP contribution is 2.15. The molecule has 0 atom stereocenters. The van der Waals surface area contributed by atoms with E-state index in [-0.39, 0.29) is 5.91 Å². The summed E-state index contributed by atoms with van der Waals surface area (Å²) in [5.41, 5.74) is 0. The van der Waals surface area contributed by atoms with Crippen molar-refractivity contribution in [2.24, 2.45) is 5.92 Å². The van der Waals surface area contributed by atoms with Gasteiger partial charge in [-0.1, -0.05) is 6.92 Å². The second-order valence-electron chi connectivity index (χ2n) is 6.07. The lowest BCUT2D eigenvalue weighted by Gasteiger charge is -2.29. The van der Waals surface area contributed by atoms with Crippen molar-refractivity contribution in [2.45, 2.75) is 39.0 Å². The van der Waals surface area contributed by atoms with Crippen molar-refractivity contribution in [3.8, 4) is 0 Å². The van der Waals surface area contributed by atoms with E-state index in [9.17, 15) is 14.4 Å². The number of rotatable bonds is 4. The molecule has 0 aromatic heterocycles. The molecule has 0 bridgehead atoms. The molecule has 0 saturated carbocycles. The summed E-state index contributed by atoms with van der Waals surface area (Å²) in [6, 6.07) is 0. The van der Waals surface area contributed by atoms with Gasteiger partial charge in [0.2, 0.25) is 5.91 Å². The summed E-state index contributed by atoms with van der Waals surface area (Å²) in [5, 5.41) is 2.66. The van der Waals surface area contributed by atoms with Gasteiger partial charge in [0.05, 0.1) is 0 Å². The van der Waals surface area contributed by atoms with Gasteiger partial charge in [-0.05, 0) is 31.6 Å². The van der Waals surface area contributed by atoms with E-state index < -0.39 is 11.8 Å². The van der Waals surface area contributed by atoms with Crippen molar-refractivity contribution in [3.05, 3.63) is 0 Å². The van der Waals surface area contributed by atoms with Crippen LogP contribution < -0.4 is 5.32 Å². The molecule has 118 valence electrons. The van der Waals surface area contributed by atoms with Crippen LogP contribution >= 0.6 is 0 Å². The van der Waals surface area contributed by atoms with Crippen molar-refractivity contribution in [2.75, 3.05) is 32.7 Å². The molecule has 0 unspecified atom stereocenters. The number of hydrogen-bond acceptors (Lipinski definition) is 3. The van der Waals surface area contributed by atoms with Gasteiger partial charge in [0.15, 0.2) is 0 Å². The van der Waals surface area contributed by atoms with Crippen LogP contribution in [0.3, 0.4) is 0 Å². The Morgan fingerprint density at radius 1 is 1.24 bits per heavy atom. The molecule has 0 aromatic carbocycles. The zero-order valence-corrected chi connectivity index (χ0v) is 12.8. The summed E-state index contributed by atoms with van der Waals surface area (Å²) >= 11 is 0. The molecule has 2 heterocycles. The lowest BCUT2D eigenvalue weighted by atomic mass is 9.99. The van der Waals surface area contributed by atoms with E-state index in [0.717, 1.165) is 25.8 Å². The fourth-order valence-corrected chi connectivity index (χ4v) is 2.84. The quantitative estimate of drug-likeness (QED) is 0.602. The third-order valence-electron chi connectivity index (χ3n) is 4.33. The van der Waals surface area contributed by atoms with Gasteiger partial charge >= 0.3 is 11.8 Å². The van der Waals surface area contributed by atoms with Crippen molar-refractivity contribution in [3.63, 3.8) is 0 Å². The van der Waals surface area contributed by atoms with Crippen LogP contribution in [0.2, 0.25) is 0 Å². The van der Waals surface area contributed by atoms with Gasteiger partial charge in [0.1, 0.15) is 0 Å². The maximum atomic E-state index is 12.0. The van der Waals surface area contributed by atoms with E-state index >= 15 is 0 Å². The van der Waals surface area contributed by atoms with Crippen LogP contribution in [0.1, 0.15) is 39.0 Å². The lowest BCUT2D eigenvalue weighted by molar-refractivity contribution is -0.146. The summed E-state index contributed by atoms with van der Waals surface area (Å²) in [5.74, 6) is -0.105. The molecule has 6 nitrogen and oxygen atoms in total. The Hall–Kier alpha value is -1.59. The molecule has 6 heteroatoms. The van der Waals surface area contributed by atoms with E-state index in [0.29, 0.717) is 44.9 Å². The third kappa shape index (κ3) is 4.44. The minimum absolute atomic E-state index is 0.194. The molecule has 2 aliphatic heterocycles. The smallest absolute Gasteiger partial charge is 0.311 e. The molecule has 21 heavy (non-hydrogen) atoms. The van der Waals surface area contributed by atoms with E-state index in [2.05, 4.69) is 12.2 Å². The van der Waals surface area contributed by atoms with Crippen molar-refractivity contribution < 1.29 is 14.4 Å². The van der Waals surface area contributed by atoms with Gasteiger partial charge in [-0.15, -0.1) is 0 Å². The van der Waals surface area contributed by atoms with Crippen molar-refractivity contribution in [1.82, 2.24) is 15.1 Å². The highest BCUT2D eigenvalue weighted by Gasteiger charge is 2.25. The van der Waals surface area contributed by atoms with Gasteiger partial charge in [-0.25, -0.2) is 0 Å². The highest BCUT2D eigenvalue weighted by atomic mass is 16.2. The summed E-state index contributed by atoms with van der Waals surface area (Å²) in [6.07, 6.45) is 4.20. The zero-order valence-electron chi connectivity index (χ0n) is 12.8. The standard InChI is InChI=1S/C15H25N3O3/c1-12-5-10-18(11-6-12)15(21)14(20)16-7-3-9-17-8-2-4-13(17)19/h12H,2-11H2,1H3,(H,16,20). The van der Waals surface area contributed by atoms with Gasteiger partial charge in [-0.2, -0.15) is 0 Å². The number of hydrogen-bond donors (Lipinski definition) is 1. The molecule has 0 aliphatic carbocycles. The molecule has 2 fully saturated rings. The average Bonchev–Trinajstić information content (AvgIpc) is 2.89. The zero-order chi connectivity index (χ0) is 15.2. The lowest BCUT2D eigenvalue weighted by Crippen LogP contribution is -2.46. The van der Waals surface area contributed by atoms with Crippen molar-refractivity contribution in [1.29, 1.82) is 0 Å². The SMILES string of the molecule is CC1CCN(C(=O)C(=O)NCCCN2CCCC2=O)CC1. The molecular weight excluding hydrogens is 270 g/mol. The number of likely N-dealkylation sites (tertiary alicyclic amines) is 2. The number of amides is 3. The molecule has 0 spiro atoms. The highest BCUT2D eigenvalue weighted by molar-refractivity contribution is 6.35. The minimum Gasteiger partial charge on any atom is -0.348 e. The Kier molecular flexibility index (Phi) is 5.59. The van der Waals surface area contributed by atoms with Crippen LogP contribution in [0.25, 0.3) is 0 Å². The fourth-order valence-electron chi connectivity index (χ4n) is 2.84. The molecule has 0 radical (unpaired) electrons. The first kappa shape index (κ1) is 15.8. The molecular formula is C15H25N3O3. The largest absolute Gasteiger partial charge is 0.348 e. The van der Waals surface area contributed by atoms with E-state index in [1.807, 2.05) is 4.90 Å². The fraction of sp³-hybridized carbons (Fsp3) is 0.800. The molecule has 2 saturated heterocycles. The Bertz CT molecular complexity index is 403. The van der Waals surface area contributed by atoms with Gasteiger partial charge in [-0.3, -0.25) is 14.4 Å². The van der Waals surface area contributed by atoms with Crippen LogP contribution in [0.5, 0.6) is 0 Å². The Morgan fingerprint density at radius 3 is 2.57 bits per heavy atom. The van der Waals surface area contributed by atoms with Gasteiger partial charge in [0, 0.05) is 39.1 Å². The van der Waals surface area contributed by atoms with Crippen molar-refractivity contribution >= 4 is 17.7 Å². The third-order valence-corrected chi connectivity index (χ3v) is 4.33. The predicted molar refractivity (Wildman–Crippen MR) is 78.4 cm³/mol. The second-order valence-corrected chi connectivity index (χ2v) is 6.07. The van der Waals surface area contributed by atoms with Crippen LogP contribution in [0.4, 0.5) is 0 Å². The summed E-state index contributed by atoms with van der Waals surface area (Å²) in [6.45, 7) is 5.44. The topological polar surface area (TPSA) is 69.7 Å². The first-order valence-corrected chi connectivity index (χ1v) is 7.93. The molecule has 1 N–H and O–H groups in total. The average molecular weight is 295 g/mol. The summed E-state index contributed by atoms with van der Waals surface area (Å²) < 4.78 is 0. The summed E-state index contributed by atoms with van der Waals surface area (Å²) in [7, 11) is 0. The Balaban J connectivity index is 1.62. The van der Waals surface area contributed by atoms with Crippen LogP contribution in [0.15, 0.2) is 0 Å². The van der Waals surface area contributed by atoms with Crippen LogP contribution in [-0.2, 0) is 14.4 Å². The normalized spacial score (nSPS) is 20.0. The first-order chi connectivity index (χ1) is 10.1. The van der Waals surface area contributed by atoms with Crippen LogP contribution in [-0.4, -0.2) is 60.2 Å². The Labute approximate surface area is 125 Å². The van der Waals surface area contributed by atoms with Crippen LogP contribution in [0, 0.1) is 5.92 Å². The van der Waals surface area contributed by atoms with E-state index in [1.54, 1.807) is 4.90 Å². The minimum atomic E-state index is -0.516. The molecule has 0 aromatic rings. The summed E-state index contributed by atoms with van der Waals surface area (Å²) in [4.78, 5) is 38.6. The monoisotopic (exact) mass is 295 g/mol. The predicted octanol–water partition coefficient (Wildman–Crippen LogP) is 0.374. The molecule has 3 amide bonds. The van der Waals surface area contributed by atoms with E-state index in [1.165, 1.54) is 0 Å². The van der Waals surface area contributed by atoms with Gasteiger partial charge in [0.25, 0.3) is 0 Å². The first-order valence-electron chi connectivity index (χ1n) is 7.93. The number of nitrogens with zero attached hydrogens (tertiary/aromatic N) is 2. The number of carbonyl (C=O) groups is 3. The van der Waals surface area contributed by atoms with E-state index in [4.69, 9.17) is 0 Å².